The van der Waals surface area contributed by atoms with Crippen LogP contribution in [0.2, 0.25) is 0 Å². The lowest BCUT2D eigenvalue weighted by atomic mass is 9.99. The van der Waals surface area contributed by atoms with Crippen molar-refractivity contribution in [1.29, 1.82) is 0 Å². The van der Waals surface area contributed by atoms with E-state index in [0.29, 0.717) is 25.2 Å². The second-order valence-electron chi connectivity index (χ2n) is 8.48. The van der Waals surface area contributed by atoms with Gasteiger partial charge in [-0.15, -0.1) is 6.58 Å². The molecule has 1 aromatic heterocycles. The summed E-state index contributed by atoms with van der Waals surface area (Å²) in [6.07, 6.45) is 2.49. The molecular formula is C26H28N4O3. The summed E-state index contributed by atoms with van der Waals surface area (Å²) in [5, 5.41) is 13.1. The van der Waals surface area contributed by atoms with Crippen LogP contribution in [0, 0.1) is 12.8 Å². The van der Waals surface area contributed by atoms with Crippen molar-refractivity contribution < 1.29 is 14.8 Å². The van der Waals surface area contributed by atoms with Gasteiger partial charge in [-0.1, -0.05) is 36.4 Å². The van der Waals surface area contributed by atoms with Crippen molar-refractivity contribution >= 4 is 22.7 Å². The van der Waals surface area contributed by atoms with Gasteiger partial charge in [0.2, 0.25) is 5.91 Å². The van der Waals surface area contributed by atoms with Gasteiger partial charge in [-0.2, -0.15) is 0 Å². The van der Waals surface area contributed by atoms with Gasteiger partial charge in [-0.05, 0) is 48.7 Å². The van der Waals surface area contributed by atoms with Crippen LogP contribution in [0.3, 0.4) is 0 Å². The largest absolute Gasteiger partial charge is 0.347 e. The number of hydrogen-bond donors (Lipinski definition) is 3. The zero-order valence-electron chi connectivity index (χ0n) is 18.6. The van der Waals surface area contributed by atoms with Crippen LogP contribution in [-0.2, 0) is 11.2 Å². The van der Waals surface area contributed by atoms with Crippen LogP contribution in [0.5, 0.6) is 0 Å². The summed E-state index contributed by atoms with van der Waals surface area (Å²) in [4.78, 5) is 31.5. The van der Waals surface area contributed by atoms with E-state index >= 15 is 0 Å². The zero-order chi connectivity index (χ0) is 23.4. The average Bonchev–Trinajstić information content (AvgIpc) is 3.21. The highest BCUT2D eigenvalue weighted by atomic mass is 16.5. The minimum Gasteiger partial charge on any atom is -0.347 e. The predicted molar refractivity (Wildman–Crippen MR) is 127 cm³/mol. The highest BCUT2D eigenvalue weighted by Gasteiger charge is 2.38. The second kappa shape index (κ2) is 9.94. The molecule has 7 nitrogen and oxygen atoms in total. The molecule has 3 aromatic rings. The number of benzene rings is 2. The first-order valence-corrected chi connectivity index (χ1v) is 11.0. The summed E-state index contributed by atoms with van der Waals surface area (Å²) < 4.78 is 0. The van der Waals surface area contributed by atoms with Crippen molar-refractivity contribution in [2.75, 3.05) is 19.6 Å². The molecule has 0 saturated carbocycles. The van der Waals surface area contributed by atoms with Crippen LogP contribution in [0.4, 0.5) is 0 Å². The maximum atomic E-state index is 12.9. The van der Waals surface area contributed by atoms with Crippen molar-refractivity contribution in [3.8, 4) is 0 Å². The fourth-order valence-corrected chi connectivity index (χ4v) is 4.50. The monoisotopic (exact) mass is 444 g/mol. The van der Waals surface area contributed by atoms with Crippen LogP contribution in [0.1, 0.15) is 27.2 Å². The van der Waals surface area contributed by atoms with Crippen molar-refractivity contribution in [1.82, 2.24) is 20.7 Å². The fraction of sp³-hybridized carbons (Fsp3) is 0.269. The molecule has 1 aliphatic heterocycles. The smallest absolute Gasteiger partial charge is 0.251 e. The number of nitrogens with zero attached hydrogens (tertiary/aromatic N) is 2. The summed E-state index contributed by atoms with van der Waals surface area (Å²) in [6.45, 7) is 7.29. The molecule has 170 valence electrons. The molecule has 3 N–H and O–H groups in total. The van der Waals surface area contributed by atoms with Crippen LogP contribution in [0.15, 0.2) is 67.3 Å². The van der Waals surface area contributed by atoms with Crippen molar-refractivity contribution in [2.24, 2.45) is 5.92 Å². The fourth-order valence-electron chi connectivity index (χ4n) is 4.50. The highest BCUT2D eigenvalue weighted by Crippen LogP contribution is 2.22. The molecule has 1 aliphatic rings. The molecule has 0 radical (unpaired) electrons. The molecule has 0 bridgehead atoms. The van der Waals surface area contributed by atoms with Gasteiger partial charge in [0.25, 0.3) is 5.91 Å². The van der Waals surface area contributed by atoms with Crippen LogP contribution in [-0.4, -0.2) is 52.6 Å². The normalized spacial score (nSPS) is 18.2. The summed E-state index contributed by atoms with van der Waals surface area (Å²) >= 11 is 0. The van der Waals surface area contributed by atoms with Gasteiger partial charge in [0.1, 0.15) is 0 Å². The van der Waals surface area contributed by atoms with E-state index in [2.05, 4.69) is 29.0 Å². The van der Waals surface area contributed by atoms with E-state index in [1.54, 1.807) is 23.7 Å². The molecule has 1 saturated heterocycles. The Balaban J connectivity index is 1.46. The number of hydrogen-bond acceptors (Lipinski definition) is 5. The van der Waals surface area contributed by atoms with E-state index < -0.39 is 17.9 Å². The van der Waals surface area contributed by atoms with E-state index in [1.165, 1.54) is 5.56 Å². The Morgan fingerprint density at radius 2 is 1.94 bits per heavy atom. The van der Waals surface area contributed by atoms with Gasteiger partial charge in [-0.25, -0.2) is 5.48 Å². The van der Waals surface area contributed by atoms with Gasteiger partial charge in [0.15, 0.2) is 0 Å². The number of para-hydroxylation sites is 1. The quantitative estimate of drug-likeness (QED) is 0.296. The van der Waals surface area contributed by atoms with E-state index in [-0.39, 0.29) is 5.91 Å². The van der Waals surface area contributed by atoms with E-state index in [9.17, 15) is 9.59 Å². The van der Waals surface area contributed by atoms with E-state index in [4.69, 9.17) is 5.21 Å². The predicted octanol–water partition coefficient (Wildman–Crippen LogP) is 2.86. The summed E-state index contributed by atoms with van der Waals surface area (Å²) in [5.74, 6) is -1.27. The molecule has 1 fully saturated rings. The lowest BCUT2D eigenvalue weighted by molar-refractivity contribution is -0.133. The number of aryl methyl sites for hydroxylation is 1. The lowest BCUT2D eigenvalue weighted by Gasteiger charge is -2.18. The Labute approximate surface area is 193 Å². The third-order valence-corrected chi connectivity index (χ3v) is 6.09. The molecule has 0 spiro atoms. The molecule has 2 atom stereocenters. The highest BCUT2D eigenvalue weighted by molar-refractivity contribution is 5.95. The number of likely N-dealkylation sites (tertiary alicyclic amines) is 1. The minimum atomic E-state index is -0.526. The molecule has 0 unspecified atom stereocenters. The third kappa shape index (κ3) is 5.10. The maximum absolute atomic E-state index is 12.9. The first-order valence-electron chi connectivity index (χ1n) is 11.0. The zero-order valence-corrected chi connectivity index (χ0v) is 18.6. The second-order valence-corrected chi connectivity index (χ2v) is 8.48. The number of aromatic nitrogens is 1. The molecule has 4 rings (SSSR count). The number of rotatable bonds is 7. The number of hydroxylamine groups is 1. The molecule has 33 heavy (non-hydrogen) atoms. The van der Waals surface area contributed by atoms with Crippen molar-refractivity contribution in [2.45, 2.75) is 19.4 Å². The van der Waals surface area contributed by atoms with E-state index in [1.807, 2.05) is 42.2 Å². The molecule has 7 heteroatoms. The Bertz CT molecular complexity index is 1180. The third-order valence-electron chi connectivity index (χ3n) is 6.09. The number of carbonyl (C=O) groups is 2. The molecular weight excluding hydrogens is 416 g/mol. The first kappa shape index (κ1) is 22.6. The number of nitrogens with one attached hydrogen (secondary N) is 2. The Morgan fingerprint density at radius 1 is 1.18 bits per heavy atom. The SMILES string of the molecule is C=CCN1C[C@H](C(=O)NO)[C@H](NC(=O)c2ccc(Cc3cc(C)nc4ccccc34)cc2)C1. The van der Waals surface area contributed by atoms with Gasteiger partial charge in [0.05, 0.1) is 17.5 Å². The Morgan fingerprint density at radius 3 is 2.67 bits per heavy atom. The Kier molecular flexibility index (Phi) is 6.82. The molecule has 0 aliphatic carbocycles. The first-order chi connectivity index (χ1) is 16.0. The standard InChI is InChI=1S/C26H28N4O3/c1-3-12-30-15-22(26(32)29-33)24(16-30)28-25(31)19-10-8-18(9-11-19)14-20-13-17(2)27-23-7-5-4-6-21(20)23/h3-11,13,22,24,33H,1,12,14-16H2,2H3,(H,28,31)(H,29,32)/t22-,24+/m0/s1. The van der Waals surface area contributed by atoms with Crippen LogP contribution in [0.25, 0.3) is 10.9 Å². The Hall–Kier alpha value is -3.55. The summed E-state index contributed by atoms with van der Waals surface area (Å²) in [7, 11) is 0. The number of amides is 2. The maximum Gasteiger partial charge on any atom is 0.251 e. The summed E-state index contributed by atoms with van der Waals surface area (Å²) in [6, 6.07) is 17.3. The molecule has 2 amide bonds. The number of fused-ring (bicyclic) bond motifs is 1. The number of pyridine rings is 1. The number of carbonyl (C=O) groups excluding carboxylic acids is 2. The van der Waals surface area contributed by atoms with Gasteiger partial charge >= 0.3 is 0 Å². The minimum absolute atomic E-state index is 0.243. The van der Waals surface area contributed by atoms with Gasteiger partial charge < -0.3 is 5.32 Å². The van der Waals surface area contributed by atoms with Crippen LogP contribution >= 0.6 is 0 Å². The van der Waals surface area contributed by atoms with Gasteiger partial charge in [0, 0.05) is 36.3 Å². The van der Waals surface area contributed by atoms with E-state index in [0.717, 1.165) is 28.6 Å². The lowest BCUT2D eigenvalue weighted by Crippen LogP contribution is -2.45. The average molecular weight is 445 g/mol. The van der Waals surface area contributed by atoms with Crippen LogP contribution < -0.4 is 10.8 Å². The topological polar surface area (TPSA) is 94.6 Å². The molecule has 2 aromatic carbocycles. The molecule has 2 heterocycles. The summed E-state index contributed by atoms with van der Waals surface area (Å²) in [5.41, 5.74) is 6.49. The van der Waals surface area contributed by atoms with Crippen molar-refractivity contribution in [3.05, 3.63) is 89.6 Å². The van der Waals surface area contributed by atoms with Gasteiger partial charge in [-0.3, -0.25) is 24.7 Å². The van der Waals surface area contributed by atoms with Crippen molar-refractivity contribution in [3.63, 3.8) is 0 Å².